The van der Waals surface area contributed by atoms with Crippen molar-refractivity contribution in [2.45, 2.75) is 20.8 Å². The summed E-state index contributed by atoms with van der Waals surface area (Å²) in [7, 11) is 0. The first-order chi connectivity index (χ1) is 12.6. The minimum atomic E-state index is 0.547. The summed E-state index contributed by atoms with van der Waals surface area (Å²) in [5, 5.41) is 15.6. The average Bonchev–Trinajstić information content (AvgIpc) is 2.64. The van der Waals surface area contributed by atoms with Gasteiger partial charge in [-0.2, -0.15) is 0 Å². The van der Waals surface area contributed by atoms with Crippen LogP contribution in [0.2, 0.25) is 0 Å². The molecule has 0 spiro atoms. The summed E-state index contributed by atoms with van der Waals surface area (Å²) in [5.74, 6) is 0. The summed E-state index contributed by atoms with van der Waals surface area (Å²) < 4.78 is 0. The first-order valence-corrected chi connectivity index (χ1v) is 8.53. The third kappa shape index (κ3) is 2.51. The maximum Gasteiger partial charge on any atom is 0.118 e. The van der Waals surface area contributed by atoms with Crippen LogP contribution in [0.15, 0.2) is 60.0 Å². The van der Waals surface area contributed by atoms with Gasteiger partial charge < -0.3 is 5.21 Å². The van der Waals surface area contributed by atoms with Crippen molar-refractivity contribution in [2.24, 2.45) is 5.16 Å². The topological polar surface area (TPSA) is 58.4 Å². The number of hydrogen-bond donors (Lipinski definition) is 1. The van der Waals surface area contributed by atoms with Crippen molar-refractivity contribution >= 4 is 27.5 Å². The first-order valence-electron chi connectivity index (χ1n) is 8.53. The molecule has 2 heterocycles. The van der Waals surface area contributed by atoms with Gasteiger partial charge in [0.15, 0.2) is 0 Å². The molecule has 0 aliphatic carbocycles. The zero-order chi connectivity index (χ0) is 18.3. The summed E-state index contributed by atoms with van der Waals surface area (Å²) in [6, 6.07) is 14.0. The maximum absolute atomic E-state index is 9.93. The minimum Gasteiger partial charge on any atom is -0.410 e. The molecule has 0 radical (unpaired) electrons. The fraction of sp³-hybridized carbons (Fsp3) is 0.136. The molecule has 26 heavy (non-hydrogen) atoms. The van der Waals surface area contributed by atoms with E-state index in [0.29, 0.717) is 5.71 Å². The van der Waals surface area contributed by atoms with E-state index in [1.54, 1.807) is 12.4 Å². The zero-order valence-corrected chi connectivity index (χ0v) is 15.0. The van der Waals surface area contributed by atoms with Crippen molar-refractivity contribution in [3.8, 4) is 0 Å². The third-order valence-electron chi connectivity index (χ3n) is 4.74. The van der Waals surface area contributed by atoms with Gasteiger partial charge in [0.05, 0.1) is 11.0 Å². The highest BCUT2D eigenvalue weighted by molar-refractivity contribution is 6.23. The van der Waals surface area contributed by atoms with Crippen molar-refractivity contribution in [3.05, 3.63) is 82.7 Å². The Morgan fingerprint density at radius 2 is 1.54 bits per heavy atom. The Morgan fingerprint density at radius 1 is 0.885 bits per heavy atom. The van der Waals surface area contributed by atoms with Crippen LogP contribution in [0, 0.1) is 20.8 Å². The van der Waals surface area contributed by atoms with Crippen LogP contribution < -0.4 is 0 Å². The van der Waals surface area contributed by atoms with Crippen LogP contribution in [0.25, 0.3) is 21.8 Å². The standard InChI is InChI=1S/C22H19N3O/c1-13-10-14(2)20(15(3)11-13)22(25-26)18-12-19-17(7-5-8-23-19)21-16(18)6-4-9-24-21/h4-12,26H,1-3H3/b25-22+. The number of fused-ring (bicyclic) bond motifs is 3. The predicted molar refractivity (Wildman–Crippen MR) is 105 cm³/mol. The molecule has 4 rings (SSSR count). The molecule has 0 aliphatic rings. The molecule has 128 valence electrons. The largest absolute Gasteiger partial charge is 0.410 e. The minimum absolute atomic E-state index is 0.547. The molecule has 2 aromatic carbocycles. The van der Waals surface area contributed by atoms with E-state index in [1.807, 2.05) is 44.2 Å². The monoisotopic (exact) mass is 341 g/mol. The van der Waals surface area contributed by atoms with Crippen LogP contribution in [0.3, 0.4) is 0 Å². The Hall–Kier alpha value is -3.27. The van der Waals surface area contributed by atoms with Crippen molar-refractivity contribution in [3.63, 3.8) is 0 Å². The van der Waals surface area contributed by atoms with E-state index in [2.05, 4.69) is 34.2 Å². The Balaban J connectivity index is 2.10. The molecule has 0 unspecified atom stereocenters. The van der Waals surface area contributed by atoms with Crippen molar-refractivity contribution in [1.82, 2.24) is 9.97 Å². The summed E-state index contributed by atoms with van der Waals surface area (Å²) in [4.78, 5) is 9.05. The number of hydrogen-bond acceptors (Lipinski definition) is 4. The number of nitrogens with zero attached hydrogens (tertiary/aromatic N) is 3. The van der Waals surface area contributed by atoms with Crippen LogP contribution in [-0.2, 0) is 0 Å². The van der Waals surface area contributed by atoms with E-state index >= 15 is 0 Å². The third-order valence-corrected chi connectivity index (χ3v) is 4.74. The van der Waals surface area contributed by atoms with Gasteiger partial charge in [-0.05, 0) is 56.2 Å². The molecule has 0 amide bonds. The van der Waals surface area contributed by atoms with Gasteiger partial charge in [0.25, 0.3) is 0 Å². The first kappa shape index (κ1) is 16.2. The Bertz CT molecular complexity index is 1160. The lowest BCUT2D eigenvalue weighted by Gasteiger charge is -2.15. The van der Waals surface area contributed by atoms with Gasteiger partial charge in [0, 0.05) is 34.3 Å². The lowest BCUT2D eigenvalue weighted by atomic mass is 9.90. The molecule has 0 fully saturated rings. The molecule has 4 aromatic rings. The molecule has 2 aromatic heterocycles. The normalized spacial score (nSPS) is 12.0. The summed E-state index contributed by atoms with van der Waals surface area (Å²) in [6.07, 6.45) is 3.54. The zero-order valence-electron chi connectivity index (χ0n) is 15.0. The van der Waals surface area contributed by atoms with Crippen LogP contribution in [0.5, 0.6) is 0 Å². The van der Waals surface area contributed by atoms with Crippen LogP contribution in [0.1, 0.15) is 27.8 Å². The Labute approximate surface area is 151 Å². The summed E-state index contributed by atoms with van der Waals surface area (Å²) in [5.41, 5.74) is 7.35. The smallest absolute Gasteiger partial charge is 0.118 e. The van der Waals surface area contributed by atoms with Crippen molar-refractivity contribution in [1.29, 1.82) is 0 Å². The molecule has 0 atom stereocenters. The predicted octanol–water partition coefficient (Wildman–Crippen LogP) is 4.93. The van der Waals surface area contributed by atoms with Gasteiger partial charge in [-0.3, -0.25) is 9.97 Å². The van der Waals surface area contributed by atoms with E-state index < -0.39 is 0 Å². The van der Waals surface area contributed by atoms with Gasteiger partial charge >= 0.3 is 0 Å². The SMILES string of the molecule is Cc1cc(C)c(/C(=N/O)c2cc3ncccc3c3ncccc23)c(C)c1. The highest BCUT2D eigenvalue weighted by Gasteiger charge is 2.18. The average molecular weight is 341 g/mol. The van der Waals surface area contributed by atoms with Gasteiger partial charge in [-0.25, -0.2) is 0 Å². The second-order valence-corrected chi connectivity index (χ2v) is 6.62. The highest BCUT2D eigenvalue weighted by atomic mass is 16.4. The van der Waals surface area contributed by atoms with Gasteiger partial charge in [0.2, 0.25) is 0 Å². The van der Waals surface area contributed by atoms with Gasteiger partial charge in [0.1, 0.15) is 5.71 Å². The number of aromatic nitrogens is 2. The molecular formula is C22H19N3O. The molecule has 0 saturated heterocycles. The fourth-order valence-corrected chi connectivity index (χ4v) is 3.77. The van der Waals surface area contributed by atoms with Gasteiger partial charge in [-0.15, -0.1) is 0 Å². The Morgan fingerprint density at radius 3 is 2.23 bits per heavy atom. The van der Waals surface area contributed by atoms with E-state index in [9.17, 15) is 5.21 Å². The van der Waals surface area contributed by atoms with Crippen LogP contribution in [-0.4, -0.2) is 20.9 Å². The van der Waals surface area contributed by atoms with Gasteiger partial charge in [-0.1, -0.05) is 28.9 Å². The molecular weight excluding hydrogens is 322 g/mol. The van der Waals surface area contributed by atoms with E-state index in [1.165, 1.54) is 5.56 Å². The second kappa shape index (κ2) is 6.23. The van der Waals surface area contributed by atoms with Crippen LogP contribution in [0.4, 0.5) is 0 Å². The van der Waals surface area contributed by atoms with Crippen molar-refractivity contribution in [2.75, 3.05) is 0 Å². The number of benzene rings is 2. The number of pyridine rings is 2. The summed E-state index contributed by atoms with van der Waals surface area (Å²) in [6.45, 7) is 6.15. The molecule has 4 heteroatoms. The highest BCUT2D eigenvalue weighted by Crippen LogP contribution is 2.30. The molecule has 4 nitrogen and oxygen atoms in total. The lowest BCUT2D eigenvalue weighted by molar-refractivity contribution is 0.319. The second-order valence-electron chi connectivity index (χ2n) is 6.62. The molecule has 0 aliphatic heterocycles. The van der Waals surface area contributed by atoms with E-state index in [-0.39, 0.29) is 0 Å². The molecule has 1 N–H and O–H groups in total. The van der Waals surface area contributed by atoms with E-state index in [4.69, 9.17) is 0 Å². The lowest BCUT2D eigenvalue weighted by Crippen LogP contribution is -2.10. The van der Waals surface area contributed by atoms with Crippen molar-refractivity contribution < 1.29 is 5.21 Å². The number of rotatable bonds is 2. The Kier molecular flexibility index (Phi) is 3.88. The number of aryl methyl sites for hydroxylation is 3. The fourth-order valence-electron chi connectivity index (χ4n) is 3.77. The van der Waals surface area contributed by atoms with Crippen LogP contribution >= 0.6 is 0 Å². The quantitative estimate of drug-likeness (QED) is 0.243. The number of oxime groups is 1. The van der Waals surface area contributed by atoms with E-state index in [0.717, 1.165) is 44.1 Å². The summed E-state index contributed by atoms with van der Waals surface area (Å²) >= 11 is 0. The maximum atomic E-state index is 9.93. The molecule has 0 bridgehead atoms. The molecule has 0 saturated carbocycles.